The fourth-order valence-corrected chi connectivity index (χ4v) is 5.03. The van der Waals surface area contributed by atoms with Crippen LogP contribution in [0.3, 0.4) is 0 Å². The first-order valence-electron chi connectivity index (χ1n) is 15.8. The number of H-pyrrole nitrogens is 2. The highest BCUT2D eigenvalue weighted by Gasteiger charge is 2.20. The normalized spacial score (nSPS) is 11.9. The summed E-state index contributed by atoms with van der Waals surface area (Å²) in [5, 5.41) is 2.81. The summed E-state index contributed by atoms with van der Waals surface area (Å²) in [6, 6.07) is 25.8. The lowest BCUT2D eigenvalue weighted by atomic mass is 10.0. The van der Waals surface area contributed by atoms with E-state index in [1.54, 1.807) is 17.3 Å². The van der Waals surface area contributed by atoms with E-state index in [2.05, 4.69) is 61.7 Å². The van der Waals surface area contributed by atoms with Gasteiger partial charge in [-0.3, -0.25) is 0 Å². The molecule has 1 atom stereocenters. The van der Waals surface area contributed by atoms with Gasteiger partial charge < -0.3 is 29.7 Å². The predicted octanol–water partition coefficient (Wildman–Crippen LogP) is 8.27. The summed E-state index contributed by atoms with van der Waals surface area (Å²) in [6.45, 7) is 10.5. The van der Waals surface area contributed by atoms with E-state index in [4.69, 9.17) is 9.47 Å². The van der Waals surface area contributed by atoms with E-state index in [1.807, 2.05) is 77.1 Å². The second-order valence-corrected chi connectivity index (χ2v) is 12.4. The quantitative estimate of drug-likeness (QED) is 0.134. The molecule has 0 aliphatic carbocycles. The molecule has 3 aromatic carbocycles. The van der Waals surface area contributed by atoms with Crippen LogP contribution in [0.15, 0.2) is 91.3 Å². The molecule has 5 rings (SSSR count). The third kappa shape index (κ3) is 9.09. The van der Waals surface area contributed by atoms with Crippen molar-refractivity contribution in [1.29, 1.82) is 0 Å². The molecule has 2 amide bonds. The third-order valence-corrected chi connectivity index (χ3v) is 7.39. The molecule has 0 bridgehead atoms. The van der Waals surface area contributed by atoms with E-state index in [0.717, 1.165) is 45.6 Å². The molecule has 0 saturated carbocycles. The number of alkyl carbamates (subject to hydrolysis) is 1. The standard InChI is InChI=1S/C37H42N6O4/c1-6-20-43(36(45)46-24-26-10-8-7-9-11-26)23-33-38-21-31(41-33)29-16-12-27(13-17-29)28-14-18-30(19-15-28)32-22-39-34(42-32)25(2)40-35(44)47-37(3,4)5/h7-19,21-22,25H,6,20,23-24H2,1-5H3,(H,38,41)(H,39,42)(H,40,44)/t25-/m0/s1. The van der Waals surface area contributed by atoms with Gasteiger partial charge in [-0.1, -0.05) is 85.8 Å². The van der Waals surface area contributed by atoms with Gasteiger partial charge in [0.05, 0.1) is 36.4 Å². The Bertz CT molecular complexity index is 1760. The molecule has 10 nitrogen and oxygen atoms in total. The van der Waals surface area contributed by atoms with Gasteiger partial charge in [-0.15, -0.1) is 0 Å². The van der Waals surface area contributed by atoms with Gasteiger partial charge in [0.2, 0.25) is 0 Å². The molecule has 2 aromatic heterocycles. The number of hydrogen-bond acceptors (Lipinski definition) is 6. The molecule has 0 fully saturated rings. The number of aromatic nitrogens is 4. The number of imidazole rings is 2. The average molecular weight is 635 g/mol. The fraction of sp³-hybridized carbons (Fsp3) is 0.297. The largest absolute Gasteiger partial charge is 0.445 e. The van der Waals surface area contributed by atoms with Crippen LogP contribution in [0.1, 0.15) is 64.3 Å². The van der Waals surface area contributed by atoms with Crippen LogP contribution in [0.2, 0.25) is 0 Å². The Balaban J connectivity index is 1.18. The van der Waals surface area contributed by atoms with Crippen LogP contribution in [-0.4, -0.2) is 49.2 Å². The Kier molecular flexibility index (Phi) is 10.4. The Morgan fingerprint density at radius 2 is 1.40 bits per heavy atom. The number of ether oxygens (including phenoxy) is 2. The molecule has 3 N–H and O–H groups in total. The highest BCUT2D eigenvalue weighted by molar-refractivity contribution is 5.72. The van der Waals surface area contributed by atoms with Crippen molar-refractivity contribution < 1.29 is 19.1 Å². The molecule has 10 heteroatoms. The van der Waals surface area contributed by atoms with Crippen LogP contribution in [0, 0.1) is 0 Å². The first kappa shape index (κ1) is 33.0. The van der Waals surface area contributed by atoms with Crippen molar-refractivity contribution in [3.63, 3.8) is 0 Å². The number of benzene rings is 3. The summed E-state index contributed by atoms with van der Waals surface area (Å²) >= 11 is 0. The van der Waals surface area contributed by atoms with E-state index in [1.165, 1.54) is 0 Å². The summed E-state index contributed by atoms with van der Waals surface area (Å²) in [4.78, 5) is 42.3. The van der Waals surface area contributed by atoms with E-state index in [9.17, 15) is 9.59 Å². The molecular formula is C37H42N6O4. The summed E-state index contributed by atoms with van der Waals surface area (Å²) in [7, 11) is 0. The van der Waals surface area contributed by atoms with Crippen LogP contribution in [0.5, 0.6) is 0 Å². The van der Waals surface area contributed by atoms with Gasteiger partial charge in [0.25, 0.3) is 0 Å². The van der Waals surface area contributed by atoms with Crippen molar-refractivity contribution in [3.05, 3.63) is 108 Å². The number of hydrogen-bond donors (Lipinski definition) is 3. The third-order valence-electron chi connectivity index (χ3n) is 7.39. The highest BCUT2D eigenvalue weighted by atomic mass is 16.6. The Morgan fingerprint density at radius 1 is 0.830 bits per heavy atom. The number of amides is 2. The first-order chi connectivity index (χ1) is 22.6. The van der Waals surface area contributed by atoms with Crippen LogP contribution < -0.4 is 5.32 Å². The minimum atomic E-state index is -0.568. The van der Waals surface area contributed by atoms with E-state index in [-0.39, 0.29) is 18.7 Å². The van der Waals surface area contributed by atoms with Crippen LogP contribution in [-0.2, 0) is 22.6 Å². The summed E-state index contributed by atoms with van der Waals surface area (Å²) < 4.78 is 10.9. The van der Waals surface area contributed by atoms with Gasteiger partial charge in [0.15, 0.2) is 0 Å². The van der Waals surface area contributed by atoms with Gasteiger partial charge in [-0.25, -0.2) is 19.6 Å². The summed E-state index contributed by atoms with van der Waals surface area (Å²) in [5.41, 5.74) is 6.26. The van der Waals surface area contributed by atoms with E-state index in [0.29, 0.717) is 24.7 Å². The molecule has 0 unspecified atom stereocenters. The lowest BCUT2D eigenvalue weighted by molar-refractivity contribution is 0.0506. The summed E-state index contributed by atoms with van der Waals surface area (Å²) in [6.07, 6.45) is 3.52. The predicted molar refractivity (Wildman–Crippen MR) is 182 cm³/mol. The topological polar surface area (TPSA) is 125 Å². The minimum Gasteiger partial charge on any atom is -0.445 e. The molecule has 0 radical (unpaired) electrons. The molecule has 47 heavy (non-hydrogen) atoms. The number of carbonyl (C=O) groups is 2. The van der Waals surface area contributed by atoms with Crippen molar-refractivity contribution in [2.24, 2.45) is 0 Å². The summed E-state index contributed by atoms with van der Waals surface area (Å²) in [5.74, 6) is 1.34. The zero-order valence-electron chi connectivity index (χ0n) is 27.5. The van der Waals surface area contributed by atoms with Crippen molar-refractivity contribution in [2.45, 2.75) is 65.8 Å². The Hall–Kier alpha value is -5.38. The maximum absolute atomic E-state index is 12.8. The molecule has 0 aliphatic heterocycles. The lowest BCUT2D eigenvalue weighted by Gasteiger charge is -2.21. The maximum atomic E-state index is 12.8. The first-order valence-corrected chi connectivity index (χ1v) is 15.8. The number of rotatable bonds is 11. The van der Waals surface area contributed by atoms with Crippen LogP contribution >= 0.6 is 0 Å². The maximum Gasteiger partial charge on any atom is 0.410 e. The van der Waals surface area contributed by atoms with Gasteiger partial charge in [-0.05, 0) is 61.9 Å². The van der Waals surface area contributed by atoms with Crippen LogP contribution in [0.4, 0.5) is 9.59 Å². The van der Waals surface area contributed by atoms with Gasteiger partial charge in [-0.2, -0.15) is 0 Å². The molecule has 0 saturated heterocycles. The van der Waals surface area contributed by atoms with Crippen molar-refractivity contribution in [3.8, 4) is 33.6 Å². The molecular weight excluding hydrogens is 592 g/mol. The molecule has 0 spiro atoms. The van der Waals surface area contributed by atoms with Gasteiger partial charge >= 0.3 is 12.2 Å². The van der Waals surface area contributed by atoms with Gasteiger partial charge in [0.1, 0.15) is 23.9 Å². The number of nitrogens with zero attached hydrogens (tertiary/aromatic N) is 3. The fourth-order valence-electron chi connectivity index (χ4n) is 5.03. The van der Waals surface area contributed by atoms with Crippen molar-refractivity contribution in [1.82, 2.24) is 30.2 Å². The smallest absolute Gasteiger partial charge is 0.410 e. The number of nitrogens with one attached hydrogen (secondary N) is 3. The molecule has 5 aromatic rings. The minimum absolute atomic E-state index is 0.233. The lowest BCUT2D eigenvalue weighted by Crippen LogP contribution is -2.34. The van der Waals surface area contributed by atoms with E-state index >= 15 is 0 Å². The monoisotopic (exact) mass is 634 g/mol. The average Bonchev–Trinajstić information content (AvgIpc) is 3.74. The highest BCUT2D eigenvalue weighted by Crippen LogP contribution is 2.27. The van der Waals surface area contributed by atoms with E-state index < -0.39 is 11.7 Å². The zero-order valence-corrected chi connectivity index (χ0v) is 27.5. The number of carbonyl (C=O) groups excluding carboxylic acids is 2. The zero-order chi connectivity index (χ0) is 33.4. The van der Waals surface area contributed by atoms with Crippen LogP contribution in [0.25, 0.3) is 33.6 Å². The van der Waals surface area contributed by atoms with Crippen molar-refractivity contribution >= 4 is 12.2 Å². The number of aromatic amines is 2. The Morgan fingerprint density at radius 3 is 2.00 bits per heavy atom. The Labute approximate surface area is 275 Å². The second-order valence-electron chi connectivity index (χ2n) is 12.4. The molecule has 2 heterocycles. The second kappa shape index (κ2) is 14.8. The van der Waals surface area contributed by atoms with Crippen molar-refractivity contribution in [2.75, 3.05) is 6.54 Å². The SMILES string of the molecule is CCCN(Cc1ncc(-c2ccc(-c3ccc(-c4cnc([C@H](C)NC(=O)OC(C)(C)C)[nH]4)cc3)cc2)[nH]1)C(=O)OCc1ccccc1. The van der Waals surface area contributed by atoms with Gasteiger partial charge in [0, 0.05) is 6.54 Å². The molecule has 0 aliphatic rings. The molecule has 244 valence electrons.